The van der Waals surface area contributed by atoms with Gasteiger partial charge in [0, 0.05) is 18.8 Å². The van der Waals surface area contributed by atoms with Gasteiger partial charge in [0.15, 0.2) is 5.69 Å². The summed E-state index contributed by atoms with van der Waals surface area (Å²) in [5.74, 6) is 0. The molecule has 0 aliphatic heterocycles. The first kappa shape index (κ1) is 14.1. The van der Waals surface area contributed by atoms with E-state index >= 15 is 0 Å². The van der Waals surface area contributed by atoms with Crippen molar-refractivity contribution in [2.24, 2.45) is 7.05 Å². The van der Waals surface area contributed by atoms with Crippen molar-refractivity contribution in [3.8, 4) is 17.3 Å². The highest BCUT2D eigenvalue weighted by Gasteiger charge is 2.35. The Bertz CT molecular complexity index is 660. The minimum absolute atomic E-state index is 0.0886. The van der Waals surface area contributed by atoms with Crippen molar-refractivity contribution in [1.29, 1.82) is 5.26 Å². The van der Waals surface area contributed by atoms with Crippen LogP contribution < -0.4 is 0 Å². The summed E-state index contributed by atoms with van der Waals surface area (Å²) in [5, 5.41) is 16.2. The first-order valence-corrected chi connectivity index (χ1v) is 5.85. The van der Waals surface area contributed by atoms with Crippen LogP contribution in [0.3, 0.4) is 0 Å². The first-order chi connectivity index (χ1) is 9.32. The summed E-state index contributed by atoms with van der Waals surface area (Å²) in [4.78, 5) is 0. The number of hydrogen-bond acceptors (Lipinski definition) is 3. The van der Waals surface area contributed by atoms with Gasteiger partial charge in [0.1, 0.15) is 0 Å². The molecule has 0 amide bonds. The molecule has 0 unspecified atom stereocenters. The Morgan fingerprint density at radius 2 is 2.05 bits per heavy atom. The Morgan fingerprint density at radius 3 is 2.55 bits per heavy atom. The minimum atomic E-state index is -4.51. The predicted octanol–water partition coefficient (Wildman–Crippen LogP) is 2.52. The van der Waals surface area contributed by atoms with E-state index in [9.17, 15) is 13.2 Å². The van der Waals surface area contributed by atoms with Gasteiger partial charge in [-0.15, -0.1) is 0 Å². The van der Waals surface area contributed by atoms with Crippen molar-refractivity contribution in [2.75, 3.05) is 0 Å². The molecule has 5 nitrogen and oxygen atoms in total. The molecular formula is C12H12F3N5. The molecule has 0 N–H and O–H groups in total. The van der Waals surface area contributed by atoms with Crippen LogP contribution in [0.2, 0.25) is 0 Å². The lowest BCUT2D eigenvalue weighted by atomic mass is 10.2. The maximum atomic E-state index is 12.8. The van der Waals surface area contributed by atoms with Gasteiger partial charge in [-0.2, -0.15) is 28.6 Å². The number of halogens is 3. The molecule has 2 heterocycles. The molecule has 0 radical (unpaired) electrons. The average Bonchev–Trinajstić information content (AvgIpc) is 2.89. The summed E-state index contributed by atoms with van der Waals surface area (Å²) in [6.45, 7) is 1.82. The van der Waals surface area contributed by atoms with Crippen LogP contribution in [0, 0.1) is 18.3 Å². The summed E-state index contributed by atoms with van der Waals surface area (Å²) in [7, 11) is 1.69. The number of hydrogen-bond donors (Lipinski definition) is 0. The number of alkyl halides is 3. The Kier molecular flexibility index (Phi) is 3.53. The highest BCUT2D eigenvalue weighted by molar-refractivity contribution is 5.62. The van der Waals surface area contributed by atoms with Crippen molar-refractivity contribution < 1.29 is 13.2 Å². The van der Waals surface area contributed by atoms with E-state index in [1.807, 2.05) is 6.07 Å². The fraction of sp³-hybridized carbons (Fsp3) is 0.417. The topological polar surface area (TPSA) is 59.4 Å². The third kappa shape index (κ3) is 2.66. The monoisotopic (exact) mass is 283 g/mol. The molecule has 0 saturated heterocycles. The van der Waals surface area contributed by atoms with Gasteiger partial charge in [-0.1, -0.05) is 0 Å². The van der Waals surface area contributed by atoms with Gasteiger partial charge in [0.05, 0.1) is 30.4 Å². The zero-order chi connectivity index (χ0) is 14.9. The van der Waals surface area contributed by atoms with E-state index in [1.165, 1.54) is 9.36 Å². The van der Waals surface area contributed by atoms with Gasteiger partial charge in [0.2, 0.25) is 0 Å². The number of aryl methyl sites for hydroxylation is 3. The van der Waals surface area contributed by atoms with Gasteiger partial charge in [-0.25, -0.2) is 0 Å². The molecule has 2 aromatic heterocycles. The maximum Gasteiger partial charge on any atom is 0.435 e. The summed E-state index contributed by atoms with van der Waals surface area (Å²) < 4.78 is 41.0. The van der Waals surface area contributed by atoms with Gasteiger partial charge in [-0.05, 0) is 13.0 Å². The third-order valence-corrected chi connectivity index (χ3v) is 2.80. The molecule has 0 saturated carbocycles. The summed E-state index contributed by atoms with van der Waals surface area (Å²) in [6, 6.07) is 2.89. The number of aromatic nitrogens is 4. The van der Waals surface area contributed by atoms with Gasteiger partial charge < -0.3 is 0 Å². The van der Waals surface area contributed by atoms with Crippen LogP contribution in [-0.2, 0) is 19.8 Å². The summed E-state index contributed by atoms with van der Waals surface area (Å²) >= 11 is 0. The molecule has 2 rings (SSSR count). The molecule has 0 bridgehead atoms. The molecule has 2 aromatic rings. The second-order valence-electron chi connectivity index (χ2n) is 4.35. The van der Waals surface area contributed by atoms with E-state index in [0.717, 1.165) is 6.07 Å². The second kappa shape index (κ2) is 5.00. The number of rotatable bonds is 3. The molecule has 0 aliphatic rings. The average molecular weight is 283 g/mol. The molecule has 106 valence electrons. The first-order valence-electron chi connectivity index (χ1n) is 5.85. The van der Waals surface area contributed by atoms with Crippen molar-refractivity contribution >= 4 is 0 Å². The Labute approximate surface area is 113 Å². The normalized spacial score (nSPS) is 11.6. The van der Waals surface area contributed by atoms with Crippen LogP contribution in [0.25, 0.3) is 11.3 Å². The van der Waals surface area contributed by atoms with Crippen molar-refractivity contribution in [3.63, 3.8) is 0 Å². The van der Waals surface area contributed by atoms with Crippen LogP contribution in [0.4, 0.5) is 13.2 Å². The molecule has 0 fully saturated rings. The van der Waals surface area contributed by atoms with E-state index in [1.54, 1.807) is 20.2 Å². The molecule has 0 atom stereocenters. The lowest BCUT2D eigenvalue weighted by molar-refractivity contribution is -0.141. The zero-order valence-electron chi connectivity index (χ0n) is 10.9. The van der Waals surface area contributed by atoms with Crippen molar-refractivity contribution in [1.82, 2.24) is 19.6 Å². The predicted molar refractivity (Wildman–Crippen MR) is 64.4 cm³/mol. The largest absolute Gasteiger partial charge is 0.435 e. The van der Waals surface area contributed by atoms with Crippen molar-refractivity contribution in [2.45, 2.75) is 26.1 Å². The fourth-order valence-corrected chi connectivity index (χ4v) is 1.95. The van der Waals surface area contributed by atoms with E-state index < -0.39 is 11.9 Å². The maximum absolute atomic E-state index is 12.8. The Morgan fingerprint density at radius 1 is 1.35 bits per heavy atom. The molecule has 20 heavy (non-hydrogen) atoms. The van der Waals surface area contributed by atoms with Crippen LogP contribution in [-0.4, -0.2) is 19.6 Å². The lowest BCUT2D eigenvalue weighted by Gasteiger charge is -2.03. The van der Waals surface area contributed by atoms with Gasteiger partial charge in [0.25, 0.3) is 0 Å². The highest BCUT2D eigenvalue weighted by Crippen LogP contribution is 2.32. The standard InChI is InChI=1S/C12H12F3N5/c1-8-9(7-19(2)17-8)10-6-11(12(13,14)15)18-20(10)5-3-4-16/h6-7H,3,5H2,1-2H3. The molecular weight excluding hydrogens is 271 g/mol. The summed E-state index contributed by atoms with van der Waals surface area (Å²) in [6.07, 6.45) is -2.79. The van der Waals surface area contributed by atoms with Gasteiger partial charge >= 0.3 is 6.18 Å². The van der Waals surface area contributed by atoms with E-state index in [4.69, 9.17) is 5.26 Å². The van der Waals surface area contributed by atoms with Crippen LogP contribution in [0.5, 0.6) is 0 Å². The molecule has 0 aromatic carbocycles. The SMILES string of the molecule is Cc1nn(C)cc1-c1cc(C(F)(F)F)nn1CCC#N. The smallest absolute Gasteiger partial charge is 0.275 e. The van der Waals surface area contributed by atoms with E-state index in [2.05, 4.69) is 10.2 Å². The Hall–Kier alpha value is -2.30. The Balaban J connectivity index is 2.53. The fourth-order valence-electron chi connectivity index (χ4n) is 1.95. The third-order valence-electron chi connectivity index (χ3n) is 2.80. The van der Waals surface area contributed by atoms with Crippen LogP contribution in [0.1, 0.15) is 17.8 Å². The molecule has 8 heteroatoms. The minimum Gasteiger partial charge on any atom is -0.275 e. The van der Waals surface area contributed by atoms with E-state index in [-0.39, 0.29) is 13.0 Å². The quantitative estimate of drug-likeness (QED) is 0.869. The number of nitriles is 1. The van der Waals surface area contributed by atoms with Crippen LogP contribution >= 0.6 is 0 Å². The van der Waals surface area contributed by atoms with Crippen molar-refractivity contribution in [3.05, 3.63) is 23.7 Å². The zero-order valence-corrected chi connectivity index (χ0v) is 10.9. The molecule has 0 aliphatic carbocycles. The lowest BCUT2D eigenvalue weighted by Crippen LogP contribution is -2.08. The molecule has 0 spiro atoms. The van der Waals surface area contributed by atoms with Crippen LogP contribution in [0.15, 0.2) is 12.3 Å². The summed E-state index contributed by atoms with van der Waals surface area (Å²) in [5.41, 5.74) is 0.541. The van der Waals surface area contributed by atoms with Gasteiger partial charge in [-0.3, -0.25) is 9.36 Å². The second-order valence-corrected chi connectivity index (χ2v) is 4.35. The van der Waals surface area contributed by atoms with E-state index in [0.29, 0.717) is 17.0 Å². The number of nitrogens with zero attached hydrogens (tertiary/aromatic N) is 5. The highest BCUT2D eigenvalue weighted by atomic mass is 19.4.